The molecule has 0 spiro atoms. The fraction of sp³-hybridized carbons (Fsp3) is 0.333. The lowest BCUT2D eigenvalue weighted by atomic mass is 10.5. The molecule has 1 amide bonds. The van der Waals surface area contributed by atoms with Gasteiger partial charge in [0.05, 0.1) is 13.1 Å². The molecule has 0 aliphatic rings. The van der Waals surface area contributed by atoms with E-state index in [4.69, 9.17) is 0 Å². The van der Waals surface area contributed by atoms with Crippen LogP contribution in [-0.2, 0) is 11.3 Å². The third kappa shape index (κ3) is 3.20. The normalized spacial score (nSPS) is 10.1. The Labute approximate surface area is 103 Å². The first kappa shape index (κ1) is 11.9. The molecule has 0 saturated heterocycles. The lowest BCUT2D eigenvalue weighted by molar-refractivity contribution is -0.119. The molecule has 2 aromatic heterocycles. The number of aromatic nitrogens is 6. The van der Waals surface area contributed by atoms with E-state index in [0.717, 1.165) is 0 Å². The van der Waals surface area contributed by atoms with E-state index in [9.17, 15) is 4.79 Å². The number of hydrogen-bond acceptors (Lipinski definition) is 7. The van der Waals surface area contributed by atoms with Crippen LogP contribution in [0.3, 0.4) is 0 Å². The number of aromatic amines is 1. The molecule has 0 fully saturated rings. The topological polar surface area (TPSA) is 113 Å². The highest BCUT2D eigenvalue weighted by atomic mass is 16.2. The van der Waals surface area contributed by atoms with Crippen LogP contribution in [0.25, 0.3) is 0 Å². The predicted octanol–water partition coefficient (Wildman–Crippen LogP) is -1.26. The van der Waals surface area contributed by atoms with Crippen molar-refractivity contribution in [1.29, 1.82) is 0 Å². The van der Waals surface area contributed by atoms with Crippen LogP contribution in [0.15, 0.2) is 18.5 Å². The van der Waals surface area contributed by atoms with Gasteiger partial charge in [0.1, 0.15) is 0 Å². The molecule has 2 aromatic rings. The van der Waals surface area contributed by atoms with Crippen LogP contribution in [0.5, 0.6) is 0 Å². The average Bonchev–Trinajstić information content (AvgIpc) is 2.90. The van der Waals surface area contributed by atoms with E-state index in [1.54, 1.807) is 30.4 Å². The Hall–Kier alpha value is -2.58. The number of hydrogen-bond donors (Lipinski definition) is 2. The fourth-order valence-electron chi connectivity index (χ4n) is 1.27. The summed E-state index contributed by atoms with van der Waals surface area (Å²) < 4.78 is 0. The average molecular weight is 248 g/mol. The van der Waals surface area contributed by atoms with Crippen molar-refractivity contribution in [2.24, 2.45) is 0 Å². The third-order valence-electron chi connectivity index (χ3n) is 2.11. The summed E-state index contributed by atoms with van der Waals surface area (Å²) in [5, 5.41) is 15.8. The molecule has 9 nitrogen and oxygen atoms in total. The summed E-state index contributed by atoms with van der Waals surface area (Å²) in [6.45, 7) is 0.390. The fourth-order valence-corrected chi connectivity index (χ4v) is 1.27. The maximum Gasteiger partial charge on any atom is 0.239 e. The Kier molecular flexibility index (Phi) is 3.74. The molecule has 2 heterocycles. The summed E-state index contributed by atoms with van der Waals surface area (Å²) in [7, 11) is 1.74. The van der Waals surface area contributed by atoms with Gasteiger partial charge < -0.3 is 10.2 Å². The van der Waals surface area contributed by atoms with E-state index < -0.39 is 0 Å². The van der Waals surface area contributed by atoms with Crippen molar-refractivity contribution in [3.63, 3.8) is 0 Å². The zero-order valence-corrected chi connectivity index (χ0v) is 9.74. The van der Waals surface area contributed by atoms with E-state index in [-0.39, 0.29) is 19.0 Å². The first-order valence-corrected chi connectivity index (χ1v) is 5.23. The zero-order valence-electron chi connectivity index (χ0n) is 9.74. The van der Waals surface area contributed by atoms with Crippen LogP contribution in [0, 0.1) is 0 Å². The minimum absolute atomic E-state index is 0.155. The first-order valence-electron chi connectivity index (χ1n) is 5.23. The van der Waals surface area contributed by atoms with Crippen molar-refractivity contribution in [3.8, 4) is 0 Å². The number of tetrazole rings is 1. The molecule has 94 valence electrons. The number of nitrogens with one attached hydrogen (secondary N) is 2. The number of H-pyrrole nitrogens is 1. The third-order valence-corrected chi connectivity index (χ3v) is 2.11. The summed E-state index contributed by atoms with van der Waals surface area (Å²) >= 11 is 0. The van der Waals surface area contributed by atoms with Gasteiger partial charge in [-0.3, -0.25) is 4.79 Å². The Balaban J connectivity index is 1.80. The Morgan fingerprint density at radius 3 is 2.89 bits per heavy atom. The molecule has 0 aliphatic heterocycles. The van der Waals surface area contributed by atoms with E-state index in [1.165, 1.54) is 0 Å². The number of rotatable bonds is 5. The number of nitrogens with zero attached hydrogens (tertiary/aromatic N) is 6. The van der Waals surface area contributed by atoms with Crippen LogP contribution in [0.4, 0.5) is 5.95 Å². The minimum Gasteiger partial charge on any atom is -0.347 e. The maximum atomic E-state index is 11.6. The highest BCUT2D eigenvalue weighted by Crippen LogP contribution is 2.00. The number of amides is 1. The van der Waals surface area contributed by atoms with E-state index >= 15 is 0 Å². The molecule has 18 heavy (non-hydrogen) atoms. The summed E-state index contributed by atoms with van der Waals surface area (Å²) in [5.74, 6) is 0.754. The van der Waals surface area contributed by atoms with Crippen LogP contribution in [-0.4, -0.2) is 50.1 Å². The molecular formula is C9H12N8O. The van der Waals surface area contributed by atoms with Gasteiger partial charge >= 0.3 is 0 Å². The van der Waals surface area contributed by atoms with Gasteiger partial charge in [-0.15, -0.1) is 10.2 Å². The van der Waals surface area contributed by atoms with Crippen molar-refractivity contribution in [1.82, 2.24) is 35.9 Å². The Morgan fingerprint density at radius 2 is 2.22 bits per heavy atom. The van der Waals surface area contributed by atoms with Gasteiger partial charge in [0.2, 0.25) is 11.9 Å². The van der Waals surface area contributed by atoms with Crippen molar-refractivity contribution >= 4 is 11.9 Å². The second-order valence-corrected chi connectivity index (χ2v) is 3.51. The maximum absolute atomic E-state index is 11.6. The Morgan fingerprint density at radius 1 is 1.44 bits per heavy atom. The highest BCUT2D eigenvalue weighted by Gasteiger charge is 2.09. The van der Waals surface area contributed by atoms with Crippen LogP contribution in [0.1, 0.15) is 5.82 Å². The summed E-state index contributed by atoms with van der Waals surface area (Å²) in [6.07, 6.45) is 3.24. The molecule has 0 atom stereocenters. The van der Waals surface area contributed by atoms with Crippen molar-refractivity contribution in [2.45, 2.75) is 6.54 Å². The SMILES string of the molecule is CN(CC(=O)NCc1nn[nH]n1)c1ncccn1. The van der Waals surface area contributed by atoms with Crippen LogP contribution < -0.4 is 10.2 Å². The molecule has 0 unspecified atom stereocenters. The van der Waals surface area contributed by atoms with Gasteiger partial charge in [-0.05, 0) is 6.07 Å². The van der Waals surface area contributed by atoms with Crippen molar-refractivity contribution in [3.05, 3.63) is 24.3 Å². The standard InChI is InChI=1S/C9H12N8O/c1-17(9-10-3-2-4-11-9)6-8(18)12-5-7-13-15-16-14-7/h2-4H,5-6H2,1H3,(H,12,18)(H,13,14,15,16). The molecule has 9 heteroatoms. The lowest BCUT2D eigenvalue weighted by Gasteiger charge is -2.15. The number of anilines is 1. The molecule has 2 rings (SSSR count). The second kappa shape index (κ2) is 5.66. The van der Waals surface area contributed by atoms with Crippen LogP contribution in [0.2, 0.25) is 0 Å². The molecular weight excluding hydrogens is 236 g/mol. The molecule has 0 aromatic carbocycles. The highest BCUT2D eigenvalue weighted by molar-refractivity contribution is 5.80. The predicted molar refractivity (Wildman–Crippen MR) is 61.3 cm³/mol. The lowest BCUT2D eigenvalue weighted by Crippen LogP contribution is -2.35. The van der Waals surface area contributed by atoms with E-state index in [2.05, 4.69) is 35.9 Å². The molecule has 2 N–H and O–H groups in total. The Bertz CT molecular complexity index is 485. The monoisotopic (exact) mass is 248 g/mol. The minimum atomic E-state index is -0.172. The largest absolute Gasteiger partial charge is 0.347 e. The first-order chi connectivity index (χ1) is 8.75. The van der Waals surface area contributed by atoms with Crippen LogP contribution >= 0.6 is 0 Å². The smallest absolute Gasteiger partial charge is 0.239 e. The van der Waals surface area contributed by atoms with E-state index in [1.807, 2.05) is 0 Å². The van der Waals surface area contributed by atoms with Crippen molar-refractivity contribution in [2.75, 3.05) is 18.5 Å². The van der Waals surface area contributed by atoms with Gasteiger partial charge in [0.25, 0.3) is 0 Å². The van der Waals surface area contributed by atoms with Gasteiger partial charge in [-0.25, -0.2) is 9.97 Å². The number of carbonyl (C=O) groups is 1. The molecule has 0 bridgehead atoms. The number of likely N-dealkylation sites (N-methyl/N-ethyl adjacent to an activating group) is 1. The quantitative estimate of drug-likeness (QED) is 0.679. The van der Waals surface area contributed by atoms with Gasteiger partial charge in [-0.2, -0.15) is 5.21 Å². The molecule has 0 saturated carbocycles. The van der Waals surface area contributed by atoms with Gasteiger partial charge in [0, 0.05) is 19.4 Å². The number of carbonyl (C=O) groups excluding carboxylic acids is 1. The van der Waals surface area contributed by atoms with Gasteiger partial charge in [0.15, 0.2) is 5.82 Å². The van der Waals surface area contributed by atoms with E-state index in [0.29, 0.717) is 11.8 Å². The van der Waals surface area contributed by atoms with Gasteiger partial charge in [-0.1, -0.05) is 5.21 Å². The molecule has 0 aliphatic carbocycles. The molecule has 0 radical (unpaired) electrons. The summed E-state index contributed by atoms with van der Waals surface area (Å²) in [5.41, 5.74) is 0. The van der Waals surface area contributed by atoms with Crippen molar-refractivity contribution < 1.29 is 4.79 Å². The zero-order chi connectivity index (χ0) is 12.8. The second-order valence-electron chi connectivity index (χ2n) is 3.51. The summed E-state index contributed by atoms with van der Waals surface area (Å²) in [6, 6.07) is 1.72. The summed E-state index contributed by atoms with van der Waals surface area (Å²) in [4.78, 5) is 21.3.